The summed E-state index contributed by atoms with van der Waals surface area (Å²) in [6.45, 7) is 2.17. The molecule has 0 aromatic heterocycles. The summed E-state index contributed by atoms with van der Waals surface area (Å²) in [5.41, 5.74) is 5.59. The molecule has 0 amide bonds. The Bertz CT molecular complexity index is 365. The lowest BCUT2D eigenvalue weighted by atomic mass is 9.75. The Morgan fingerprint density at radius 1 is 1.33 bits per heavy atom. The van der Waals surface area contributed by atoms with Crippen molar-refractivity contribution in [2.45, 2.75) is 50.7 Å². The van der Waals surface area contributed by atoms with Gasteiger partial charge in [-0.3, -0.25) is 11.3 Å². The van der Waals surface area contributed by atoms with Crippen molar-refractivity contribution in [2.24, 2.45) is 5.84 Å². The highest BCUT2D eigenvalue weighted by Gasteiger charge is 2.39. The lowest BCUT2D eigenvalue weighted by Crippen LogP contribution is -2.44. The number of nitrogens with two attached hydrogens (primary N) is 1. The SMILES string of the molecule is CCc1ccc(C(CC2(OC)CCC2)NN)cc1. The van der Waals surface area contributed by atoms with Crippen LogP contribution in [0.3, 0.4) is 0 Å². The fourth-order valence-electron chi connectivity index (χ4n) is 2.69. The van der Waals surface area contributed by atoms with Gasteiger partial charge >= 0.3 is 0 Å². The van der Waals surface area contributed by atoms with Crippen LogP contribution in [0.1, 0.15) is 49.8 Å². The number of rotatable bonds is 6. The van der Waals surface area contributed by atoms with E-state index in [9.17, 15) is 0 Å². The molecular formula is C15H24N2O. The van der Waals surface area contributed by atoms with Crippen LogP contribution in [0.4, 0.5) is 0 Å². The molecule has 0 heterocycles. The minimum Gasteiger partial charge on any atom is -0.378 e. The number of hydrogen-bond donors (Lipinski definition) is 2. The van der Waals surface area contributed by atoms with Crippen LogP contribution >= 0.6 is 0 Å². The van der Waals surface area contributed by atoms with E-state index in [1.807, 2.05) is 7.11 Å². The Kier molecular flexibility index (Phi) is 4.38. The van der Waals surface area contributed by atoms with E-state index in [0.29, 0.717) is 0 Å². The van der Waals surface area contributed by atoms with Gasteiger partial charge in [-0.2, -0.15) is 0 Å². The Balaban J connectivity index is 2.07. The monoisotopic (exact) mass is 248 g/mol. The van der Waals surface area contributed by atoms with E-state index in [1.165, 1.54) is 17.5 Å². The zero-order valence-electron chi connectivity index (χ0n) is 11.4. The quantitative estimate of drug-likeness (QED) is 0.601. The standard InChI is InChI=1S/C15H24N2O/c1-3-12-5-7-13(8-6-12)14(17-16)11-15(18-2)9-4-10-15/h5-8,14,17H,3-4,9-11,16H2,1-2H3. The number of hydrogen-bond acceptors (Lipinski definition) is 3. The lowest BCUT2D eigenvalue weighted by Gasteiger charge is -2.42. The zero-order chi connectivity index (χ0) is 13.0. The van der Waals surface area contributed by atoms with Crippen LogP contribution in [0.5, 0.6) is 0 Å². The minimum atomic E-state index is 0.0421. The second kappa shape index (κ2) is 5.83. The number of methoxy groups -OCH3 is 1. The first kappa shape index (κ1) is 13.5. The van der Waals surface area contributed by atoms with Crippen LogP contribution in [0, 0.1) is 0 Å². The largest absolute Gasteiger partial charge is 0.378 e. The van der Waals surface area contributed by atoms with Gasteiger partial charge in [-0.1, -0.05) is 31.2 Å². The number of nitrogens with one attached hydrogen (secondary N) is 1. The van der Waals surface area contributed by atoms with Crippen molar-refractivity contribution < 1.29 is 4.74 Å². The molecule has 0 radical (unpaired) electrons. The second-order valence-electron chi connectivity index (χ2n) is 5.26. The highest BCUT2D eigenvalue weighted by atomic mass is 16.5. The average Bonchev–Trinajstić information content (AvgIpc) is 2.39. The van der Waals surface area contributed by atoms with Crippen LogP contribution in [-0.2, 0) is 11.2 Å². The van der Waals surface area contributed by atoms with Gasteiger partial charge in [0.25, 0.3) is 0 Å². The summed E-state index contributed by atoms with van der Waals surface area (Å²) in [6.07, 6.45) is 5.58. The summed E-state index contributed by atoms with van der Waals surface area (Å²) in [7, 11) is 1.81. The molecular weight excluding hydrogens is 224 g/mol. The fraction of sp³-hybridized carbons (Fsp3) is 0.600. The van der Waals surface area contributed by atoms with Crippen molar-refractivity contribution in [1.29, 1.82) is 0 Å². The number of aryl methyl sites for hydroxylation is 1. The molecule has 0 spiro atoms. The summed E-state index contributed by atoms with van der Waals surface area (Å²) in [5, 5.41) is 0. The van der Waals surface area contributed by atoms with Crippen molar-refractivity contribution >= 4 is 0 Å². The van der Waals surface area contributed by atoms with Crippen molar-refractivity contribution in [3.63, 3.8) is 0 Å². The van der Waals surface area contributed by atoms with Crippen LogP contribution in [0.2, 0.25) is 0 Å². The van der Waals surface area contributed by atoms with E-state index in [0.717, 1.165) is 25.7 Å². The van der Waals surface area contributed by atoms with Gasteiger partial charge in [0.05, 0.1) is 5.60 Å². The molecule has 3 nitrogen and oxygen atoms in total. The molecule has 2 rings (SSSR count). The van der Waals surface area contributed by atoms with Gasteiger partial charge in [-0.15, -0.1) is 0 Å². The van der Waals surface area contributed by atoms with Crippen LogP contribution in [-0.4, -0.2) is 12.7 Å². The van der Waals surface area contributed by atoms with Gasteiger partial charge in [-0.25, -0.2) is 0 Å². The van der Waals surface area contributed by atoms with Crippen LogP contribution in [0.15, 0.2) is 24.3 Å². The van der Waals surface area contributed by atoms with Gasteiger partial charge in [0.15, 0.2) is 0 Å². The highest BCUT2D eigenvalue weighted by Crippen LogP contribution is 2.41. The van der Waals surface area contributed by atoms with Gasteiger partial charge < -0.3 is 4.74 Å². The Labute approximate surface area is 110 Å². The molecule has 1 unspecified atom stereocenters. The lowest BCUT2D eigenvalue weighted by molar-refractivity contribution is -0.0838. The molecule has 1 aromatic rings. The smallest absolute Gasteiger partial charge is 0.0697 e. The van der Waals surface area contributed by atoms with E-state index in [-0.39, 0.29) is 11.6 Å². The van der Waals surface area contributed by atoms with Gasteiger partial charge in [0.2, 0.25) is 0 Å². The molecule has 100 valence electrons. The summed E-state index contributed by atoms with van der Waals surface area (Å²) in [6, 6.07) is 8.88. The third kappa shape index (κ3) is 2.74. The summed E-state index contributed by atoms with van der Waals surface area (Å²) >= 11 is 0. The molecule has 1 aromatic carbocycles. The summed E-state index contributed by atoms with van der Waals surface area (Å²) < 4.78 is 5.68. The van der Waals surface area contributed by atoms with Crippen molar-refractivity contribution in [3.8, 4) is 0 Å². The first-order chi connectivity index (χ1) is 8.73. The predicted molar refractivity (Wildman–Crippen MR) is 74.1 cm³/mol. The molecule has 3 N–H and O–H groups in total. The zero-order valence-corrected chi connectivity index (χ0v) is 11.4. The predicted octanol–water partition coefficient (Wildman–Crippen LogP) is 2.71. The highest BCUT2D eigenvalue weighted by molar-refractivity contribution is 5.25. The number of hydrazine groups is 1. The van der Waals surface area contributed by atoms with Crippen LogP contribution < -0.4 is 11.3 Å². The number of benzene rings is 1. The van der Waals surface area contributed by atoms with E-state index in [4.69, 9.17) is 10.6 Å². The Morgan fingerprint density at radius 2 is 2.00 bits per heavy atom. The molecule has 1 saturated carbocycles. The maximum absolute atomic E-state index is 5.71. The third-order valence-corrected chi connectivity index (χ3v) is 4.27. The molecule has 0 aliphatic heterocycles. The Hall–Kier alpha value is -0.900. The first-order valence-corrected chi connectivity index (χ1v) is 6.83. The number of ether oxygens (including phenoxy) is 1. The van der Waals surface area contributed by atoms with E-state index in [1.54, 1.807) is 0 Å². The molecule has 18 heavy (non-hydrogen) atoms. The van der Waals surface area contributed by atoms with E-state index in [2.05, 4.69) is 36.6 Å². The van der Waals surface area contributed by atoms with Crippen LogP contribution in [0.25, 0.3) is 0 Å². The third-order valence-electron chi connectivity index (χ3n) is 4.27. The molecule has 0 bridgehead atoms. The maximum atomic E-state index is 5.71. The van der Waals surface area contributed by atoms with Crippen molar-refractivity contribution in [2.75, 3.05) is 7.11 Å². The van der Waals surface area contributed by atoms with E-state index >= 15 is 0 Å². The fourth-order valence-corrected chi connectivity index (χ4v) is 2.69. The van der Waals surface area contributed by atoms with Gasteiger partial charge in [0.1, 0.15) is 0 Å². The molecule has 1 aliphatic carbocycles. The Morgan fingerprint density at radius 3 is 2.39 bits per heavy atom. The summed E-state index contributed by atoms with van der Waals surface area (Å²) in [5.74, 6) is 5.71. The maximum Gasteiger partial charge on any atom is 0.0697 e. The molecule has 1 atom stereocenters. The average molecular weight is 248 g/mol. The minimum absolute atomic E-state index is 0.0421. The van der Waals surface area contributed by atoms with Gasteiger partial charge in [-0.05, 0) is 43.2 Å². The van der Waals surface area contributed by atoms with Crippen molar-refractivity contribution in [1.82, 2.24) is 5.43 Å². The topological polar surface area (TPSA) is 47.3 Å². The second-order valence-corrected chi connectivity index (χ2v) is 5.26. The normalized spacial score (nSPS) is 19.3. The van der Waals surface area contributed by atoms with Crippen molar-refractivity contribution in [3.05, 3.63) is 35.4 Å². The molecule has 1 aliphatic rings. The first-order valence-electron chi connectivity index (χ1n) is 6.83. The molecule has 1 fully saturated rings. The summed E-state index contributed by atoms with van der Waals surface area (Å²) in [4.78, 5) is 0. The van der Waals surface area contributed by atoms with E-state index < -0.39 is 0 Å². The van der Waals surface area contributed by atoms with Gasteiger partial charge in [0, 0.05) is 13.2 Å². The molecule has 0 saturated heterocycles. The molecule has 3 heteroatoms.